The highest BCUT2D eigenvalue weighted by molar-refractivity contribution is 7.92. The molecule has 0 spiro atoms. The summed E-state index contributed by atoms with van der Waals surface area (Å²) in [6, 6.07) is 4.30. The quantitative estimate of drug-likeness (QED) is 0.487. The van der Waals surface area contributed by atoms with Crippen LogP contribution in [0.25, 0.3) is 0 Å². The Hall–Kier alpha value is -2.49. The number of benzene rings is 1. The number of aromatic nitrogens is 2. The van der Waals surface area contributed by atoms with Crippen LogP contribution in [0.1, 0.15) is 12.8 Å². The van der Waals surface area contributed by atoms with Gasteiger partial charge in [-0.2, -0.15) is 0 Å². The Morgan fingerprint density at radius 2 is 1.80 bits per heavy atom. The molecule has 0 radical (unpaired) electrons. The Kier molecular flexibility index (Phi) is 6.74. The molecule has 3 N–H and O–H groups in total. The molecule has 30 heavy (non-hydrogen) atoms. The summed E-state index contributed by atoms with van der Waals surface area (Å²) in [6.07, 6.45) is 1.49. The molecule has 1 aromatic carbocycles. The molecule has 0 saturated carbocycles. The van der Waals surface area contributed by atoms with Gasteiger partial charge in [-0.15, -0.1) is 10.2 Å². The predicted molar refractivity (Wildman–Crippen MR) is 109 cm³/mol. The van der Waals surface area contributed by atoms with Crippen LogP contribution in [-0.4, -0.2) is 59.0 Å². The van der Waals surface area contributed by atoms with E-state index in [0.29, 0.717) is 31.1 Å². The smallest absolute Gasteiger partial charge is 0.240 e. The van der Waals surface area contributed by atoms with E-state index in [9.17, 15) is 21.6 Å². The third kappa shape index (κ3) is 6.25. The van der Waals surface area contributed by atoms with Crippen molar-refractivity contribution in [1.82, 2.24) is 14.9 Å². The lowest BCUT2D eigenvalue weighted by Crippen LogP contribution is -2.27. The van der Waals surface area contributed by atoms with E-state index in [2.05, 4.69) is 25.0 Å². The van der Waals surface area contributed by atoms with Crippen molar-refractivity contribution in [3.8, 4) is 11.5 Å². The Morgan fingerprint density at radius 1 is 1.10 bits per heavy atom. The molecular formula is C15H19N5O7S3. The van der Waals surface area contributed by atoms with E-state index >= 15 is 0 Å². The van der Waals surface area contributed by atoms with Gasteiger partial charge in [0.15, 0.2) is 11.5 Å². The summed E-state index contributed by atoms with van der Waals surface area (Å²) in [5, 5.41) is 9.73. The van der Waals surface area contributed by atoms with Crippen molar-refractivity contribution < 1.29 is 31.1 Å². The summed E-state index contributed by atoms with van der Waals surface area (Å²) in [6.45, 7) is 0.764. The van der Waals surface area contributed by atoms with Crippen LogP contribution in [0, 0.1) is 0 Å². The van der Waals surface area contributed by atoms with Crippen LogP contribution >= 0.6 is 11.3 Å². The third-order valence-corrected chi connectivity index (χ3v) is 6.52. The fourth-order valence-electron chi connectivity index (χ4n) is 2.35. The number of rotatable bonds is 8. The molecule has 3 rings (SSSR count). The number of hydrogen-bond donors (Lipinski definition) is 3. The Labute approximate surface area is 177 Å². The van der Waals surface area contributed by atoms with Crippen molar-refractivity contribution in [2.75, 3.05) is 36.1 Å². The SMILES string of the molecule is CS(=O)(=O)Nc1nnc(NC(=O)CCNS(=O)(=O)c2ccc3c(c2)OCCCO3)s1. The van der Waals surface area contributed by atoms with Gasteiger partial charge in [-0.05, 0) is 12.1 Å². The zero-order chi connectivity index (χ0) is 21.8. The topological polar surface area (TPSA) is 166 Å². The summed E-state index contributed by atoms with van der Waals surface area (Å²) < 4.78 is 62.6. The monoisotopic (exact) mass is 477 g/mol. The number of ether oxygens (including phenoxy) is 2. The van der Waals surface area contributed by atoms with Crippen molar-refractivity contribution >= 4 is 47.6 Å². The van der Waals surface area contributed by atoms with E-state index in [4.69, 9.17) is 9.47 Å². The van der Waals surface area contributed by atoms with E-state index in [1.54, 1.807) is 0 Å². The number of fused-ring (bicyclic) bond motifs is 1. The lowest BCUT2D eigenvalue weighted by molar-refractivity contribution is -0.116. The van der Waals surface area contributed by atoms with Gasteiger partial charge in [-0.3, -0.25) is 9.52 Å². The van der Waals surface area contributed by atoms with Gasteiger partial charge in [0.1, 0.15) is 0 Å². The molecule has 0 saturated heterocycles. The highest BCUT2D eigenvalue weighted by Gasteiger charge is 2.19. The van der Waals surface area contributed by atoms with E-state index in [0.717, 1.165) is 17.6 Å². The summed E-state index contributed by atoms with van der Waals surface area (Å²) in [5.74, 6) is 0.314. The number of nitrogens with one attached hydrogen (secondary N) is 3. The molecule has 1 amide bonds. The van der Waals surface area contributed by atoms with Crippen molar-refractivity contribution in [1.29, 1.82) is 0 Å². The first-order chi connectivity index (χ1) is 14.1. The zero-order valence-corrected chi connectivity index (χ0v) is 18.2. The van der Waals surface area contributed by atoms with Crippen molar-refractivity contribution in [2.24, 2.45) is 0 Å². The highest BCUT2D eigenvalue weighted by atomic mass is 32.2. The molecule has 0 aliphatic carbocycles. The number of nitrogens with zero attached hydrogens (tertiary/aromatic N) is 2. The molecule has 0 bridgehead atoms. The lowest BCUT2D eigenvalue weighted by atomic mass is 10.3. The lowest BCUT2D eigenvalue weighted by Gasteiger charge is -2.10. The molecular weight excluding hydrogens is 458 g/mol. The molecule has 0 unspecified atom stereocenters. The fourth-order valence-corrected chi connectivity index (χ4v) is 4.89. The van der Waals surface area contributed by atoms with Crippen molar-refractivity contribution in [3.63, 3.8) is 0 Å². The number of amides is 1. The van der Waals surface area contributed by atoms with Gasteiger partial charge in [0.05, 0.1) is 24.4 Å². The van der Waals surface area contributed by atoms with E-state index in [1.807, 2.05) is 0 Å². The highest BCUT2D eigenvalue weighted by Crippen LogP contribution is 2.31. The standard InChI is InChI=1S/C15H19N5O7S3/c1-29(22,23)20-15-19-18-14(28-15)17-13(21)5-6-16-30(24,25)10-3-4-11-12(9-10)27-8-2-7-26-11/h3-4,9,16H,2,5-8H2,1H3,(H,19,20)(H,17,18,21). The fraction of sp³-hybridized carbons (Fsp3) is 0.400. The van der Waals surface area contributed by atoms with E-state index in [-0.39, 0.29) is 28.1 Å². The Bertz CT molecular complexity index is 1130. The second-order valence-electron chi connectivity index (χ2n) is 6.14. The summed E-state index contributed by atoms with van der Waals surface area (Å²) in [4.78, 5) is 12.0. The van der Waals surface area contributed by atoms with Crippen LogP contribution in [0.4, 0.5) is 10.3 Å². The molecule has 0 fully saturated rings. The molecule has 12 nitrogen and oxygen atoms in total. The second kappa shape index (κ2) is 9.11. The summed E-state index contributed by atoms with van der Waals surface area (Å²) >= 11 is 0.830. The second-order valence-corrected chi connectivity index (χ2v) is 10.6. The minimum absolute atomic E-state index is 0.00270. The van der Waals surface area contributed by atoms with Crippen LogP contribution < -0.4 is 24.2 Å². The Morgan fingerprint density at radius 3 is 2.53 bits per heavy atom. The maximum absolute atomic E-state index is 12.5. The average Bonchev–Trinajstić information content (AvgIpc) is 2.93. The van der Waals surface area contributed by atoms with Crippen molar-refractivity contribution in [3.05, 3.63) is 18.2 Å². The minimum atomic E-state index is -3.86. The molecule has 2 aromatic rings. The van der Waals surface area contributed by atoms with Crippen LogP contribution in [0.15, 0.2) is 23.1 Å². The van der Waals surface area contributed by atoms with E-state index < -0.39 is 26.0 Å². The minimum Gasteiger partial charge on any atom is -0.490 e. The van der Waals surface area contributed by atoms with Gasteiger partial charge in [0.2, 0.25) is 36.2 Å². The molecule has 0 atom stereocenters. The van der Waals surface area contributed by atoms with Gasteiger partial charge < -0.3 is 14.8 Å². The number of sulfonamides is 2. The molecule has 1 aromatic heterocycles. The normalized spacial score (nSPS) is 14.0. The largest absolute Gasteiger partial charge is 0.490 e. The van der Waals surface area contributed by atoms with Crippen LogP contribution in [0.5, 0.6) is 11.5 Å². The van der Waals surface area contributed by atoms with Gasteiger partial charge >= 0.3 is 0 Å². The number of anilines is 2. The molecule has 2 heterocycles. The first-order valence-corrected chi connectivity index (χ1v) is 12.8. The van der Waals surface area contributed by atoms with Gasteiger partial charge in [0.25, 0.3) is 0 Å². The maximum Gasteiger partial charge on any atom is 0.240 e. The van der Waals surface area contributed by atoms with E-state index in [1.165, 1.54) is 18.2 Å². The molecule has 15 heteroatoms. The zero-order valence-electron chi connectivity index (χ0n) is 15.7. The van der Waals surface area contributed by atoms with Crippen molar-refractivity contribution in [2.45, 2.75) is 17.7 Å². The van der Waals surface area contributed by atoms with Crippen LogP contribution in [0.3, 0.4) is 0 Å². The first kappa shape index (κ1) is 22.2. The number of carbonyl (C=O) groups is 1. The van der Waals surface area contributed by atoms with Gasteiger partial charge in [-0.25, -0.2) is 21.6 Å². The molecule has 1 aliphatic rings. The molecule has 1 aliphatic heterocycles. The Balaban J connectivity index is 1.53. The average molecular weight is 478 g/mol. The third-order valence-electron chi connectivity index (χ3n) is 3.62. The number of hydrogen-bond acceptors (Lipinski definition) is 10. The maximum atomic E-state index is 12.5. The van der Waals surface area contributed by atoms with Crippen LogP contribution in [-0.2, 0) is 24.8 Å². The molecule has 164 valence electrons. The summed E-state index contributed by atoms with van der Waals surface area (Å²) in [7, 11) is -7.36. The first-order valence-electron chi connectivity index (χ1n) is 8.63. The van der Waals surface area contributed by atoms with Gasteiger partial charge in [0, 0.05) is 25.5 Å². The predicted octanol–water partition coefficient (Wildman–Crippen LogP) is 0.378. The van der Waals surface area contributed by atoms with Crippen LogP contribution in [0.2, 0.25) is 0 Å². The van der Waals surface area contributed by atoms with Gasteiger partial charge in [-0.1, -0.05) is 11.3 Å². The number of carbonyl (C=O) groups excluding carboxylic acids is 1. The summed E-state index contributed by atoms with van der Waals surface area (Å²) in [5.41, 5.74) is 0.